The van der Waals surface area contributed by atoms with Crippen molar-refractivity contribution in [1.29, 1.82) is 0 Å². The SMILES string of the molecule is CC(=O)C[C@H](C)C[C@H](C)C[C@H](C)C[C@H](C)CO[Si](c1ccccc1)(c1ccccc1)C(C)(C)C. The molecule has 0 N–H and O–H groups in total. The van der Waals surface area contributed by atoms with Crippen LogP contribution >= 0.6 is 0 Å². The van der Waals surface area contributed by atoms with Crippen LogP contribution < -0.4 is 10.4 Å². The number of carbonyl (C=O) groups excluding carboxylic acids is 1. The van der Waals surface area contributed by atoms with Crippen LogP contribution in [0, 0.1) is 23.7 Å². The molecule has 0 spiro atoms. The van der Waals surface area contributed by atoms with Crippen molar-refractivity contribution in [2.45, 2.75) is 86.1 Å². The topological polar surface area (TPSA) is 26.3 Å². The summed E-state index contributed by atoms with van der Waals surface area (Å²) in [6.45, 7) is 18.8. The largest absolute Gasteiger partial charge is 0.407 e. The number of rotatable bonds is 13. The summed E-state index contributed by atoms with van der Waals surface area (Å²) in [5.74, 6) is 2.59. The zero-order valence-corrected chi connectivity index (χ0v) is 23.9. The third-order valence-corrected chi connectivity index (χ3v) is 12.1. The second-order valence-electron chi connectivity index (χ2n) is 12.0. The molecule has 0 aliphatic heterocycles. The van der Waals surface area contributed by atoms with Gasteiger partial charge in [0.2, 0.25) is 0 Å². The lowest BCUT2D eigenvalue weighted by Gasteiger charge is -2.43. The highest BCUT2D eigenvalue weighted by atomic mass is 28.4. The number of benzene rings is 2. The van der Waals surface area contributed by atoms with E-state index >= 15 is 0 Å². The number of Topliss-reactive ketones (excluding diaryl/α,β-unsaturated/α-hetero) is 1. The fraction of sp³-hybridized carbons (Fsp3) is 0.581. The fourth-order valence-corrected chi connectivity index (χ4v) is 10.6. The molecule has 0 aliphatic rings. The molecule has 2 nitrogen and oxygen atoms in total. The molecular formula is C31H48O2Si. The summed E-state index contributed by atoms with van der Waals surface area (Å²) >= 11 is 0. The lowest BCUT2D eigenvalue weighted by Crippen LogP contribution is -2.66. The van der Waals surface area contributed by atoms with Crippen molar-refractivity contribution in [3.63, 3.8) is 0 Å². The molecule has 0 fully saturated rings. The molecule has 0 amide bonds. The Morgan fingerprint density at radius 3 is 1.56 bits per heavy atom. The highest BCUT2D eigenvalue weighted by Crippen LogP contribution is 2.37. The van der Waals surface area contributed by atoms with Crippen LogP contribution in [-0.2, 0) is 9.22 Å². The molecule has 34 heavy (non-hydrogen) atoms. The van der Waals surface area contributed by atoms with Gasteiger partial charge in [-0.25, -0.2) is 0 Å². The second-order valence-corrected chi connectivity index (χ2v) is 16.3. The monoisotopic (exact) mass is 480 g/mol. The smallest absolute Gasteiger partial charge is 0.261 e. The summed E-state index contributed by atoms with van der Waals surface area (Å²) < 4.78 is 7.14. The quantitative estimate of drug-likeness (QED) is 0.282. The van der Waals surface area contributed by atoms with Gasteiger partial charge in [0, 0.05) is 13.0 Å². The van der Waals surface area contributed by atoms with Gasteiger partial charge in [-0.1, -0.05) is 109 Å². The Labute approximate surface area is 210 Å². The Bertz CT molecular complexity index is 817. The zero-order chi connectivity index (χ0) is 25.4. The molecule has 0 bridgehead atoms. The van der Waals surface area contributed by atoms with Crippen LogP contribution in [-0.4, -0.2) is 20.7 Å². The average Bonchev–Trinajstić information content (AvgIpc) is 2.73. The Morgan fingerprint density at radius 2 is 1.15 bits per heavy atom. The fourth-order valence-electron chi connectivity index (χ4n) is 5.92. The van der Waals surface area contributed by atoms with Gasteiger partial charge in [-0.2, -0.15) is 0 Å². The van der Waals surface area contributed by atoms with E-state index in [-0.39, 0.29) is 5.04 Å². The number of hydrogen-bond donors (Lipinski definition) is 0. The first-order valence-corrected chi connectivity index (χ1v) is 15.1. The highest BCUT2D eigenvalue weighted by molar-refractivity contribution is 6.99. The van der Waals surface area contributed by atoms with Gasteiger partial charge in [0.15, 0.2) is 0 Å². The summed E-state index contributed by atoms with van der Waals surface area (Å²) in [5, 5.41) is 2.71. The van der Waals surface area contributed by atoms with Crippen molar-refractivity contribution < 1.29 is 9.22 Å². The van der Waals surface area contributed by atoms with Gasteiger partial charge < -0.3 is 9.22 Å². The lowest BCUT2D eigenvalue weighted by atomic mass is 9.85. The van der Waals surface area contributed by atoms with E-state index in [2.05, 4.69) is 109 Å². The van der Waals surface area contributed by atoms with Crippen molar-refractivity contribution >= 4 is 24.5 Å². The zero-order valence-electron chi connectivity index (χ0n) is 22.9. The van der Waals surface area contributed by atoms with Crippen LogP contribution in [0.25, 0.3) is 0 Å². The summed E-state index contributed by atoms with van der Waals surface area (Å²) in [4.78, 5) is 11.4. The maximum Gasteiger partial charge on any atom is 0.261 e. The van der Waals surface area contributed by atoms with E-state index in [0.717, 1.165) is 13.0 Å². The van der Waals surface area contributed by atoms with E-state index in [1.807, 2.05) is 0 Å². The summed E-state index contributed by atoms with van der Waals surface area (Å²) in [6.07, 6.45) is 4.23. The van der Waals surface area contributed by atoms with Crippen molar-refractivity contribution in [2.24, 2.45) is 23.7 Å². The standard InChI is InChI=1S/C31H48O2Si/c1-24(20-26(3)22-28(5)32)19-25(2)21-27(4)23-33-34(31(6,7)8,29-15-11-9-12-16-29)30-17-13-10-14-18-30/h9-18,24-27H,19-23H2,1-8H3/t24-,25+,26-,27+/m1/s1. The molecule has 188 valence electrons. The van der Waals surface area contributed by atoms with E-state index < -0.39 is 8.32 Å². The predicted molar refractivity (Wildman–Crippen MR) is 149 cm³/mol. The molecule has 0 unspecified atom stereocenters. The maximum absolute atomic E-state index is 11.4. The molecule has 2 aromatic rings. The first-order chi connectivity index (χ1) is 16.0. The molecule has 0 aliphatic carbocycles. The van der Waals surface area contributed by atoms with Crippen molar-refractivity contribution in [1.82, 2.24) is 0 Å². The lowest BCUT2D eigenvalue weighted by molar-refractivity contribution is -0.117. The van der Waals surface area contributed by atoms with E-state index in [4.69, 9.17) is 4.43 Å². The molecular weight excluding hydrogens is 432 g/mol. The van der Waals surface area contributed by atoms with Crippen LogP contribution in [0.1, 0.15) is 81.1 Å². The average molecular weight is 481 g/mol. The number of ketones is 1. The van der Waals surface area contributed by atoms with E-state index in [9.17, 15) is 4.79 Å². The number of carbonyl (C=O) groups is 1. The summed E-state index contributed by atoms with van der Waals surface area (Å²) in [5.41, 5.74) is 0. The Balaban J connectivity index is 2.11. The molecule has 0 heterocycles. The molecule has 0 saturated heterocycles. The van der Waals surface area contributed by atoms with E-state index in [1.165, 1.54) is 23.2 Å². The number of hydrogen-bond acceptors (Lipinski definition) is 2. The predicted octanol–water partition coefficient (Wildman–Crippen LogP) is 7.26. The molecule has 2 rings (SSSR count). The Hall–Kier alpha value is -1.71. The Kier molecular flexibility index (Phi) is 10.8. The van der Waals surface area contributed by atoms with Gasteiger partial charge in [0.1, 0.15) is 5.78 Å². The van der Waals surface area contributed by atoms with Crippen molar-refractivity contribution in [2.75, 3.05) is 6.61 Å². The molecule has 4 atom stereocenters. The third-order valence-electron chi connectivity index (χ3n) is 7.05. The minimum atomic E-state index is -2.46. The van der Waals surface area contributed by atoms with Gasteiger partial charge >= 0.3 is 0 Å². The molecule has 0 saturated carbocycles. The summed E-state index contributed by atoms with van der Waals surface area (Å²) in [7, 11) is -2.46. The van der Waals surface area contributed by atoms with E-state index in [1.54, 1.807) is 6.92 Å². The van der Waals surface area contributed by atoms with Gasteiger partial charge in [-0.3, -0.25) is 0 Å². The molecule has 3 heteroatoms. The molecule has 0 radical (unpaired) electrons. The van der Waals surface area contributed by atoms with Gasteiger partial charge in [-0.05, 0) is 65.3 Å². The van der Waals surface area contributed by atoms with Crippen molar-refractivity contribution in [3.05, 3.63) is 60.7 Å². The Morgan fingerprint density at radius 1 is 0.735 bits per heavy atom. The van der Waals surface area contributed by atoms with Crippen LogP contribution in [0.4, 0.5) is 0 Å². The maximum atomic E-state index is 11.4. The first kappa shape index (κ1) is 28.5. The second kappa shape index (κ2) is 12.8. The minimum absolute atomic E-state index is 0.0163. The van der Waals surface area contributed by atoms with Crippen LogP contribution in [0.5, 0.6) is 0 Å². The van der Waals surface area contributed by atoms with Crippen LogP contribution in [0.2, 0.25) is 5.04 Å². The third kappa shape index (κ3) is 7.92. The van der Waals surface area contributed by atoms with Gasteiger partial charge in [0.05, 0.1) is 0 Å². The minimum Gasteiger partial charge on any atom is -0.407 e. The normalized spacial score (nSPS) is 16.0. The van der Waals surface area contributed by atoms with Gasteiger partial charge in [-0.15, -0.1) is 0 Å². The highest BCUT2D eigenvalue weighted by Gasteiger charge is 2.50. The molecule has 2 aromatic carbocycles. The van der Waals surface area contributed by atoms with Crippen molar-refractivity contribution in [3.8, 4) is 0 Å². The molecule has 0 aromatic heterocycles. The van der Waals surface area contributed by atoms with Crippen LogP contribution in [0.3, 0.4) is 0 Å². The van der Waals surface area contributed by atoms with E-state index in [0.29, 0.717) is 35.9 Å². The van der Waals surface area contributed by atoms with Crippen LogP contribution in [0.15, 0.2) is 60.7 Å². The summed E-state index contributed by atoms with van der Waals surface area (Å²) in [6, 6.07) is 21.8. The van der Waals surface area contributed by atoms with Gasteiger partial charge in [0.25, 0.3) is 8.32 Å². The first-order valence-electron chi connectivity index (χ1n) is 13.2.